The van der Waals surface area contributed by atoms with Crippen LogP contribution in [0.15, 0.2) is 32.0 Å². The van der Waals surface area contributed by atoms with Crippen LogP contribution in [0.5, 0.6) is 0 Å². The first-order valence-corrected chi connectivity index (χ1v) is 2.19. The predicted molar refractivity (Wildman–Crippen MR) is 60.7 cm³/mol. The van der Waals surface area contributed by atoms with Crippen molar-refractivity contribution in [2.24, 2.45) is 32.0 Å². The van der Waals surface area contributed by atoms with Crippen LogP contribution in [0.1, 0.15) is 0 Å². The molecule has 0 aromatic rings. The second-order valence-electron chi connectivity index (χ2n) is 0.447. The van der Waals surface area contributed by atoms with Gasteiger partial charge in [0.1, 0.15) is 0 Å². The average Bonchev–Trinajstić information content (AvgIpc) is 2.23. The zero-order valence-electron chi connectivity index (χ0n) is 10.6. The van der Waals surface area contributed by atoms with E-state index >= 15 is 0 Å². The Morgan fingerprint density at radius 2 is 0.409 bits per heavy atom. The Hall–Kier alpha value is 1.75. The van der Waals surface area contributed by atoms with E-state index in [-0.39, 0.29) is 168 Å². The molecule has 0 rings (SSSR count). The smallest absolute Gasteiger partial charge is 0.444 e. The molecule has 0 unspecified atom stereocenters. The molecule has 0 atom stereocenters. The van der Waals surface area contributed by atoms with E-state index in [4.69, 9.17) is 60.7 Å². The molecule has 1 radical (unpaired) electrons. The van der Waals surface area contributed by atoms with Gasteiger partial charge in [-0.15, -0.1) is 32.0 Å². The van der Waals surface area contributed by atoms with Gasteiger partial charge in [0.05, 0.1) is 0 Å². The minimum absolute atomic E-state index is 0. The van der Waals surface area contributed by atoms with E-state index in [1.54, 1.807) is 0 Å². The van der Waals surface area contributed by atoms with Crippen LogP contribution >= 0.6 is 0 Å². The van der Waals surface area contributed by atoms with E-state index in [2.05, 4.69) is 0 Å². The molecule has 22 heavy (non-hydrogen) atoms. The second-order valence-corrected chi connectivity index (χ2v) is 0.447. The molecular formula is BaCoK2N6O12-2. The maximum absolute atomic E-state index is 8.00. The summed E-state index contributed by atoms with van der Waals surface area (Å²) < 4.78 is 0. The van der Waals surface area contributed by atoms with Crippen LogP contribution in [0.3, 0.4) is 0 Å². The van der Waals surface area contributed by atoms with Crippen LogP contribution in [0.4, 0.5) is 0 Å². The van der Waals surface area contributed by atoms with Crippen LogP contribution in [0, 0.1) is 60.7 Å². The molecule has 0 amide bonds. The van der Waals surface area contributed by atoms with Crippen LogP contribution in [-0.4, -0.2) is 48.9 Å². The quantitative estimate of drug-likeness (QED) is 0.156. The predicted octanol–water partition coefficient (Wildman–Crippen LogP) is -4.87. The van der Waals surface area contributed by atoms with Crippen LogP contribution in [0.2, 0.25) is 0 Å². The SMILES string of the molecule is O=N[O-].O=N[O-].O=N[O-].O=N[O-].O=N[O-].O=N[O-].[Ba+2].[Co].[K+].[K+]. The average molecular weight is 550 g/mol. The third-order valence-corrected chi connectivity index (χ3v) is 0. The summed E-state index contributed by atoms with van der Waals surface area (Å²) >= 11 is 0. The number of rotatable bonds is 0. The fourth-order valence-electron chi connectivity index (χ4n) is 0. The normalized spacial score (nSPS) is 3.27. The summed E-state index contributed by atoms with van der Waals surface area (Å²) in [6.45, 7) is 0. The van der Waals surface area contributed by atoms with Crippen molar-refractivity contribution in [1.29, 1.82) is 0 Å². The minimum atomic E-state index is 0. The summed E-state index contributed by atoms with van der Waals surface area (Å²) in [5.74, 6) is 0. The molecular weight excluding hydrogens is 550 g/mol. The zero-order chi connectivity index (χ0) is 16.2. The van der Waals surface area contributed by atoms with Crippen molar-refractivity contribution in [3.8, 4) is 0 Å². The summed E-state index contributed by atoms with van der Waals surface area (Å²) in [6, 6.07) is 0. The molecule has 117 valence electrons. The Kier molecular flexibility index (Phi) is 529. The summed E-state index contributed by atoms with van der Waals surface area (Å²) in [7, 11) is 0. The third-order valence-electron chi connectivity index (χ3n) is 0. The monoisotopic (exact) mass is 551 g/mol. The summed E-state index contributed by atoms with van der Waals surface area (Å²) in [5, 5.41) is 54.0. The van der Waals surface area contributed by atoms with E-state index in [1.807, 2.05) is 0 Å². The minimum Gasteiger partial charge on any atom is -0.444 e. The van der Waals surface area contributed by atoms with Crippen LogP contribution in [-0.2, 0) is 16.8 Å². The topological polar surface area (TPSA) is 315 Å². The molecule has 0 fully saturated rings. The zero-order valence-corrected chi connectivity index (χ0v) is 22.4. The maximum Gasteiger partial charge on any atom is 2.00 e. The number of nitrogens with zero attached hydrogens (tertiary/aromatic N) is 6. The Morgan fingerprint density at radius 1 is 0.409 bits per heavy atom. The molecule has 0 aromatic heterocycles. The third kappa shape index (κ3) is 3060. The molecule has 18 nitrogen and oxygen atoms in total. The van der Waals surface area contributed by atoms with Crippen molar-refractivity contribution in [3.05, 3.63) is 60.7 Å². The fraction of sp³-hybridized carbons (Fsp3) is 0. The van der Waals surface area contributed by atoms with Crippen molar-refractivity contribution >= 4 is 48.9 Å². The van der Waals surface area contributed by atoms with Crippen molar-refractivity contribution in [2.75, 3.05) is 0 Å². The van der Waals surface area contributed by atoms with Gasteiger partial charge in [-0.05, 0) is 0 Å². The van der Waals surface area contributed by atoms with Crippen molar-refractivity contribution in [1.82, 2.24) is 0 Å². The van der Waals surface area contributed by atoms with E-state index in [0.717, 1.165) is 32.0 Å². The molecule has 0 spiro atoms. The number of hydrogen-bond acceptors (Lipinski definition) is 18. The Morgan fingerprint density at radius 3 is 0.409 bits per heavy atom. The molecule has 0 heterocycles. The first kappa shape index (κ1) is 65.0. The van der Waals surface area contributed by atoms with E-state index < -0.39 is 0 Å². The van der Waals surface area contributed by atoms with Gasteiger partial charge in [0, 0.05) is 16.8 Å². The second kappa shape index (κ2) is 179. The van der Waals surface area contributed by atoms with Crippen molar-refractivity contribution in [3.63, 3.8) is 0 Å². The molecule has 0 saturated carbocycles. The van der Waals surface area contributed by atoms with E-state index in [0.29, 0.717) is 0 Å². The fourth-order valence-corrected chi connectivity index (χ4v) is 0. The maximum atomic E-state index is 8.00. The van der Waals surface area contributed by atoms with Crippen molar-refractivity contribution in [2.45, 2.75) is 0 Å². The van der Waals surface area contributed by atoms with Gasteiger partial charge in [-0.25, -0.2) is 0 Å². The van der Waals surface area contributed by atoms with Gasteiger partial charge >= 0.3 is 152 Å². The van der Waals surface area contributed by atoms with Gasteiger partial charge in [0.2, 0.25) is 0 Å². The van der Waals surface area contributed by atoms with Gasteiger partial charge < -0.3 is 60.7 Å². The summed E-state index contributed by atoms with van der Waals surface area (Å²) in [4.78, 5) is 48.0. The molecule has 0 aromatic carbocycles. The molecule has 0 aliphatic carbocycles. The molecule has 0 aliphatic rings. The molecule has 0 N–H and O–H groups in total. The Bertz CT molecular complexity index is 129. The summed E-state index contributed by atoms with van der Waals surface area (Å²) in [5.41, 5.74) is 0. The molecule has 0 saturated heterocycles. The molecule has 0 bridgehead atoms. The number of hydrogen-bond donors (Lipinski definition) is 0. The van der Waals surface area contributed by atoms with Gasteiger partial charge in [0.25, 0.3) is 0 Å². The Balaban J connectivity index is -0.00000000947. The van der Waals surface area contributed by atoms with Crippen LogP contribution < -0.4 is 103 Å². The van der Waals surface area contributed by atoms with Gasteiger partial charge in [-0.2, -0.15) is 0 Å². The first-order valence-electron chi connectivity index (χ1n) is 2.19. The van der Waals surface area contributed by atoms with Crippen LogP contribution in [0.25, 0.3) is 0 Å². The van der Waals surface area contributed by atoms with E-state index in [9.17, 15) is 0 Å². The van der Waals surface area contributed by atoms with E-state index in [1.165, 1.54) is 0 Å². The largest absolute Gasteiger partial charge is 2.00 e. The van der Waals surface area contributed by atoms with Gasteiger partial charge in [0.15, 0.2) is 0 Å². The molecule has 22 heteroatoms. The Labute approximate surface area is 255 Å². The molecule has 0 aliphatic heterocycles. The van der Waals surface area contributed by atoms with Crippen molar-refractivity contribution < 1.29 is 120 Å². The summed E-state index contributed by atoms with van der Waals surface area (Å²) in [6.07, 6.45) is 0. The standard InChI is InChI=1S/Ba.Co.2K.6HNO2/c;;;;6*2-1-3/h;;;;6*(H,2,3)/q+2;;2*+1;;;;;;/p-6. The first-order chi connectivity index (χ1) is 8.49. The van der Waals surface area contributed by atoms with Gasteiger partial charge in [-0.3, -0.25) is 0 Å². The van der Waals surface area contributed by atoms with Gasteiger partial charge in [-0.1, -0.05) is 0 Å².